The van der Waals surface area contributed by atoms with Crippen LogP contribution in [0.1, 0.15) is 42.1 Å². The molecule has 4 nitrogen and oxygen atoms in total. The van der Waals surface area contributed by atoms with Gasteiger partial charge in [-0.3, -0.25) is 9.59 Å². The van der Waals surface area contributed by atoms with Gasteiger partial charge in [0.05, 0.1) is 6.61 Å². The molecule has 2 aromatic carbocycles. The number of nitrogens with one attached hydrogen (secondary N) is 1. The van der Waals surface area contributed by atoms with Crippen molar-refractivity contribution in [3.63, 3.8) is 0 Å². The highest BCUT2D eigenvalue weighted by Crippen LogP contribution is 2.11. The van der Waals surface area contributed by atoms with Gasteiger partial charge in [-0.2, -0.15) is 0 Å². The lowest BCUT2D eigenvalue weighted by Gasteiger charge is -2.07. The molecule has 5 heteroatoms. The second-order valence-corrected chi connectivity index (χ2v) is 5.98. The van der Waals surface area contributed by atoms with E-state index in [0.29, 0.717) is 30.9 Å². The number of hydrogen-bond donors (Lipinski definition) is 1. The Kier molecular flexibility index (Phi) is 7.80. The molecule has 0 aliphatic rings. The molecular weight excluding hydrogens is 333 g/mol. The van der Waals surface area contributed by atoms with Crippen molar-refractivity contribution >= 4 is 11.7 Å². The summed E-state index contributed by atoms with van der Waals surface area (Å²) in [5.74, 6) is 0.116. The molecule has 0 aliphatic carbocycles. The molecule has 0 spiro atoms. The molecule has 0 radical (unpaired) electrons. The van der Waals surface area contributed by atoms with E-state index in [1.165, 1.54) is 17.7 Å². The zero-order valence-electron chi connectivity index (χ0n) is 15.0. The summed E-state index contributed by atoms with van der Waals surface area (Å²) in [5, 5.41) is 2.77. The van der Waals surface area contributed by atoms with E-state index in [1.807, 2.05) is 24.3 Å². The SMILES string of the molecule is CCc1ccc(C(=O)CCC(=O)NCCCOc2ccc(F)cc2)cc1. The van der Waals surface area contributed by atoms with Crippen molar-refractivity contribution in [2.45, 2.75) is 32.6 Å². The molecule has 26 heavy (non-hydrogen) atoms. The lowest BCUT2D eigenvalue weighted by atomic mass is 10.0. The quantitative estimate of drug-likeness (QED) is 0.518. The third-order valence-corrected chi connectivity index (χ3v) is 3.99. The van der Waals surface area contributed by atoms with Gasteiger partial charge in [0.2, 0.25) is 5.91 Å². The fraction of sp³-hybridized carbons (Fsp3) is 0.333. The van der Waals surface area contributed by atoms with Gasteiger partial charge in [-0.05, 0) is 42.7 Å². The Morgan fingerprint density at radius 2 is 1.69 bits per heavy atom. The average Bonchev–Trinajstić information content (AvgIpc) is 2.67. The van der Waals surface area contributed by atoms with Crippen LogP contribution >= 0.6 is 0 Å². The predicted octanol–water partition coefficient (Wildman–Crippen LogP) is 3.94. The van der Waals surface area contributed by atoms with Crippen LogP contribution in [0.4, 0.5) is 4.39 Å². The summed E-state index contributed by atoms with van der Waals surface area (Å²) in [7, 11) is 0. The number of carbonyl (C=O) groups is 2. The van der Waals surface area contributed by atoms with Crippen molar-refractivity contribution in [3.05, 3.63) is 65.5 Å². The van der Waals surface area contributed by atoms with Crippen LogP contribution in [0.15, 0.2) is 48.5 Å². The van der Waals surface area contributed by atoms with Crippen LogP contribution in [-0.2, 0) is 11.2 Å². The van der Waals surface area contributed by atoms with Gasteiger partial charge in [0.1, 0.15) is 11.6 Å². The van der Waals surface area contributed by atoms with Crippen LogP contribution in [0.25, 0.3) is 0 Å². The van der Waals surface area contributed by atoms with Gasteiger partial charge in [-0.25, -0.2) is 4.39 Å². The number of carbonyl (C=O) groups excluding carboxylic acids is 2. The van der Waals surface area contributed by atoms with Crippen molar-refractivity contribution in [1.82, 2.24) is 5.32 Å². The largest absolute Gasteiger partial charge is 0.494 e. The van der Waals surface area contributed by atoms with E-state index in [2.05, 4.69) is 12.2 Å². The summed E-state index contributed by atoms with van der Waals surface area (Å²) < 4.78 is 18.2. The van der Waals surface area contributed by atoms with E-state index in [9.17, 15) is 14.0 Å². The van der Waals surface area contributed by atoms with Crippen LogP contribution in [0, 0.1) is 5.82 Å². The van der Waals surface area contributed by atoms with Crippen molar-refractivity contribution in [2.75, 3.05) is 13.2 Å². The first kappa shape index (κ1) is 19.6. The normalized spacial score (nSPS) is 10.4. The third-order valence-electron chi connectivity index (χ3n) is 3.99. The number of halogens is 1. The zero-order valence-corrected chi connectivity index (χ0v) is 15.0. The molecule has 1 amide bonds. The van der Waals surface area contributed by atoms with Crippen molar-refractivity contribution in [1.29, 1.82) is 0 Å². The molecule has 138 valence electrons. The minimum Gasteiger partial charge on any atom is -0.494 e. The number of Topliss-reactive ketones (excluding diaryl/α,β-unsaturated/α-hetero) is 1. The monoisotopic (exact) mass is 357 g/mol. The van der Waals surface area contributed by atoms with E-state index < -0.39 is 0 Å². The molecule has 0 unspecified atom stereocenters. The standard InChI is InChI=1S/C21H24FNO3/c1-2-16-4-6-17(7-5-16)20(24)12-13-21(25)23-14-3-15-26-19-10-8-18(22)9-11-19/h4-11H,2-3,12-15H2,1H3,(H,23,25). The summed E-state index contributed by atoms with van der Waals surface area (Å²) in [4.78, 5) is 23.9. The van der Waals surface area contributed by atoms with Crippen molar-refractivity contribution in [2.24, 2.45) is 0 Å². The Hall–Kier alpha value is -2.69. The number of ketones is 1. The molecule has 0 bridgehead atoms. The molecule has 0 fully saturated rings. The Morgan fingerprint density at radius 1 is 1.00 bits per heavy atom. The lowest BCUT2D eigenvalue weighted by Crippen LogP contribution is -2.25. The molecule has 1 N–H and O–H groups in total. The summed E-state index contributed by atoms with van der Waals surface area (Å²) in [6, 6.07) is 13.3. The molecule has 2 rings (SSSR count). The first-order chi connectivity index (χ1) is 12.6. The fourth-order valence-corrected chi connectivity index (χ4v) is 2.41. The second kappa shape index (κ2) is 10.3. The predicted molar refractivity (Wildman–Crippen MR) is 98.9 cm³/mol. The maximum Gasteiger partial charge on any atom is 0.220 e. The van der Waals surface area contributed by atoms with Crippen LogP contribution in [0.3, 0.4) is 0 Å². The van der Waals surface area contributed by atoms with E-state index in [1.54, 1.807) is 12.1 Å². The van der Waals surface area contributed by atoms with Gasteiger partial charge in [0.25, 0.3) is 0 Å². The molecule has 0 heterocycles. The Labute approximate surface area is 153 Å². The Morgan fingerprint density at radius 3 is 2.35 bits per heavy atom. The van der Waals surface area contributed by atoms with Crippen LogP contribution in [-0.4, -0.2) is 24.8 Å². The first-order valence-electron chi connectivity index (χ1n) is 8.85. The van der Waals surface area contributed by atoms with Crippen LogP contribution in [0.2, 0.25) is 0 Å². The van der Waals surface area contributed by atoms with E-state index in [4.69, 9.17) is 4.74 Å². The van der Waals surface area contributed by atoms with E-state index >= 15 is 0 Å². The van der Waals surface area contributed by atoms with Gasteiger partial charge in [-0.1, -0.05) is 31.2 Å². The maximum absolute atomic E-state index is 12.8. The molecule has 0 saturated heterocycles. The zero-order chi connectivity index (χ0) is 18.8. The minimum absolute atomic E-state index is 0.0255. The molecule has 0 saturated carbocycles. The molecule has 0 aliphatic heterocycles. The third kappa shape index (κ3) is 6.67. The Balaban J connectivity index is 1.59. The van der Waals surface area contributed by atoms with Gasteiger partial charge in [-0.15, -0.1) is 0 Å². The number of amides is 1. The summed E-state index contributed by atoms with van der Waals surface area (Å²) in [5.41, 5.74) is 1.82. The Bertz CT molecular complexity index is 711. The highest BCUT2D eigenvalue weighted by atomic mass is 19.1. The average molecular weight is 357 g/mol. The smallest absolute Gasteiger partial charge is 0.220 e. The summed E-state index contributed by atoms with van der Waals surface area (Å²) in [6.07, 6.45) is 1.94. The highest BCUT2D eigenvalue weighted by molar-refractivity contribution is 5.97. The number of aryl methyl sites for hydroxylation is 1. The van der Waals surface area contributed by atoms with Gasteiger partial charge in [0, 0.05) is 24.9 Å². The lowest BCUT2D eigenvalue weighted by molar-refractivity contribution is -0.121. The minimum atomic E-state index is -0.305. The molecule has 0 atom stereocenters. The number of hydrogen-bond acceptors (Lipinski definition) is 3. The van der Waals surface area contributed by atoms with Crippen LogP contribution < -0.4 is 10.1 Å². The number of ether oxygens (including phenoxy) is 1. The molecule has 0 aromatic heterocycles. The fourth-order valence-electron chi connectivity index (χ4n) is 2.41. The van der Waals surface area contributed by atoms with Gasteiger partial charge >= 0.3 is 0 Å². The van der Waals surface area contributed by atoms with Gasteiger partial charge < -0.3 is 10.1 Å². The van der Waals surface area contributed by atoms with Crippen molar-refractivity contribution in [3.8, 4) is 5.75 Å². The van der Waals surface area contributed by atoms with E-state index in [0.717, 1.165) is 6.42 Å². The molecule has 2 aromatic rings. The topological polar surface area (TPSA) is 55.4 Å². The van der Waals surface area contributed by atoms with Crippen LogP contribution in [0.5, 0.6) is 5.75 Å². The van der Waals surface area contributed by atoms with Crippen molar-refractivity contribution < 1.29 is 18.7 Å². The summed E-state index contributed by atoms with van der Waals surface area (Å²) >= 11 is 0. The first-order valence-corrected chi connectivity index (χ1v) is 8.85. The number of rotatable bonds is 10. The summed E-state index contributed by atoms with van der Waals surface area (Å²) in [6.45, 7) is 2.96. The number of benzene rings is 2. The second-order valence-electron chi connectivity index (χ2n) is 5.98. The highest BCUT2D eigenvalue weighted by Gasteiger charge is 2.09. The van der Waals surface area contributed by atoms with Gasteiger partial charge in [0.15, 0.2) is 5.78 Å². The maximum atomic E-state index is 12.8. The molecular formula is C21H24FNO3. The van der Waals surface area contributed by atoms with E-state index in [-0.39, 0.29) is 30.3 Å².